The Bertz CT molecular complexity index is 814. The highest BCUT2D eigenvalue weighted by molar-refractivity contribution is 9.10. The highest BCUT2D eigenvalue weighted by atomic mass is 79.9. The van der Waals surface area contributed by atoms with Gasteiger partial charge in [-0.05, 0) is 66.2 Å². The van der Waals surface area contributed by atoms with Crippen molar-refractivity contribution in [3.63, 3.8) is 0 Å². The summed E-state index contributed by atoms with van der Waals surface area (Å²) in [6, 6.07) is 9.36. The number of amides is 1. The van der Waals surface area contributed by atoms with Crippen molar-refractivity contribution in [3.8, 4) is 5.75 Å². The van der Waals surface area contributed by atoms with Crippen molar-refractivity contribution in [2.75, 3.05) is 5.73 Å². The van der Waals surface area contributed by atoms with E-state index < -0.39 is 11.4 Å². The molecule has 1 unspecified atom stereocenters. The molecule has 0 spiro atoms. The molecule has 0 saturated heterocycles. The molecule has 1 aliphatic rings. The van der Waals surface area contributed by atoms with Crippen molar-refractivity contribution in [2.24, 2.45) is 0 Å². The SMILES string of the molecule is CC1(C)CC(NC(=O)c2ccc(F)c(Br)c2)c2cc(N)ccc2O1.Cl. The lowest BCUT2D eigenvalue weighted by Crippen LogP contribution is -2.41. The van der Waals surface area contributed by atoms with Gasteiger partial charge in [0.25, 0.3) is 5.91 Å². The molecule has 1 amide bonds. The summed E-state index contributed by atoms with van der Waals surface area (Å²) in [7, 11) is 0. The zero-order valence-corrected chi connectivity index (χ0v) is 16.2. The first kappa shape index (κ1) is 19.5. The van der Waals surface area contributed by atoms with Crippen LogP contribution in [-0.2, 0) is 0 Å². The topological polar surface area (TPSA) is 64.4 Å². The molecule has 0 bridgehead atoms. The van der Waals surface area contributed by atoms with Gasteiger partial charge in [-0.3, -0.25) is 4.79 Å². The number of ether oxygens (including phenoxy) is 1. The number of nitrogens with two attached hydrogens (primary N) is 1. The quantitative estimate of drug-likeness (QED) is 0.684. The van der Waals surface area contributed by atoms with Crippen LogP contribution in [0.15, 0.2) is 40.9 Å². The average Bonchev–Trinajstić information content (AvgIpc) is 2.50. The molecule has 1 atom stereocenters. The number of rotatable bonds is 2. The van der Waals surface area contributed by atoms with Crippen LogP contribution in [0.3, 0.4) is 0 Å². The maximum atomic E-state index is 13.4. The second-order valence-corrected chi connectivity index (χ2v) is 7.37. The van der Waals surface area contributed by atoms with Crippen LogP contribution in [0.1, 0.15) is 42.2 Å². The third kappa shape index (κ3) is 4.25. The fourth-order valence-corrected chi connectivity index (χ4v) is 3.26. The van der Waals surface area contributed by atoms with Crippen molar-refractivity contribution < 1.29 is 13.9 Å². The zero-order chi connectivity index (χ0) is 17.5. The monoisotopic (exact) mass is 428 g/mol. The number of carbonyl (C=O) groups excluding carboxylic acids is 1. The predicted octanol–water partition coefficient (Wildman–Crippen LogP) is 4.62. The molecule has 25 heavy (non-hydrogen) atoms. The Hall–Kier alpha value is -1.79. The molecule has 3 N–H and O–H groups in total. The Morgan fingerprint density at radius 3 is 2.72 bits per heavy atom. The molecule has 7 heteroatoms. The molecule has 4 nitrogen and oxygen atoms in total. The lowest BCUT2D eigenvalue weighted by atomic mass is 9.89. The van der Waals surface area contributed by atoms with Crippen LogP contribution in [0.2, 0.25) is 0 Å². The molecule has 1 aliphatic heterocycles. The lowest BCUT2D eigenvalue weighted by molar-refractivity contribution is 0.0620. The van der Waals surface area contributed by atoms with Crippen LogP contribution in [-0.4, -0.2) is 11.5 Å². The van der Waals surface area contributed by atoms with Gasteiger partial charge < -0.3 is 15.8 Å². The fraction of sp³-hybridized carbons (Fsp3) is 0.278. The summed E-state index contributed by atoms with van der Waals surface area (Å²) in [5, 5.41) is 3.00. The molecule has 2 aromatic rings. The Morgan fingerprint density at radius 2 is 2.04 bits per heavy atom. The number of fused-ring (bicyclic) bond motifs is 1. The van der Waals surface area contributed by atoms with E-state index in [-0.39, 0.29) is 28.8 Å². The minimum atomic E-state index is -0.412. The van der Waals surface area contributed by atoms with Gasteiger partial charge in [0.15, 0.2) is 0 Å². The van der Waals surface area contributed by atoms with Crippen molar-refractivity contribution >= 4 is 39.9 Å². The van der Waals surface area contributed by atoms with Crippen molar-refractivity contribution in [1.82, 2.24) is 5.32 Å². The summed E-state index contributed by atoms with van der Waals surface area (Å²) in [4.78, 5) is 12.6. The third-order valence-electron chi connectivity index (χ3n) is 3.98. The van der Waals surface area contributed by atoms with Gasteiger partial charge in [0, 0.05) is 23.2 Å². The van der Waals surface area contributed by atoms with Gasteiger partial charge in [-0.1, -0.05) is 0 Å². The van der Waals surface area contributed by atoms with E-state index in [2.05, 4.69) is 21.2 Å². The number of nitrogens with one attached hydrogen (secondary N) is 1. The van der Waals surface area contributed by atoms with E-state index in [0.29, 0.717) is 23.4 Å². The smallest absolute Gasteiger partial charge is 0.251 e. The van der Waals surface area contributed by atoms with Gasteiger partial charge >= 0.3 is 0 Å². The first-order valence-corrected chi connectivity index (χ1v) is 8.39. The zero-order valence-electron chi connectivity index (χ0n) is 13.8. The van der Waals surface area contributed by atoms with E-state index >= 15 is 0 Å². The minimum absolute atomic E-state index is 0. The highest BCUT2D eigenvalue weighted by Gasteiger charge is 2.34. The van der Waals surface area contributed by atoms with E-state index in [1.54, 1.807) is 6.07 Å². The van der Waals surface area contributed by atoms with Crippen LogP contribution in [0, 0.1) is 5.82 Å². The molecule has 2 aromatic carbocycles. The Labute approximate surface area is 160 Å². The molecule has 0 radical (unpaired) electrons. The van der Waals surface area contributed by atoms with Crippen LogP contribution in [0.5, 0.6) is 5.75 Å². The Balaban J connectivity index is 0.00000225. The van der Waals surface area contributed by atoms with Gasteiger partial charge in [-0.2, -0.15) is 0 Å². The maximum absolute atomic E-state index is 13.4. The normalized spacial score (nSPS) is 17.7. The van der Waals surface area contributed by atoms with Gasteiger partial charge in [-0.15, -0.1) is 12.4 Å². The third-order valence-corrected chi connectivity index (χ3v) is 4.59. The number of halogens is 3. The van der Waals surface area contributed by atoms with Gasteiger partial charge in [0.2, 0.25) is 0 Å². The van der Waals surface area contributed by atoms with Crippen LogP contribution in [0.4, 0.5) is 10.1 Å². The van der Waals surface area contributed by atoms with E-state index in [1.165, 1.54) is 18.2 Å². The van der Waals surface area contributed by atoms with Crippen molar-refractivity contribution in [2.45, 2.75) is 31.9 Å². The molecular weight excluding hydrogens is 411 g/mol. The van der Waals surface area contributed by atoms with E-state index in [4.69, 9.17) is 10.5 Å². The summed E-state index contributed by atoms with van der Waals surface area (Å²) in [5.74, 6) is 0.0367. The second kappa shape index (κ2) is 7.22. The number of hydrogen-bond donors (Lipinski definition) is 2. The second-order valence-electron chi connectivity index (χ2n) is 6.52. The molecular formula is C18H19BrClFN2O2. The molecule has 3 rings (SSSR count). The molecule has 1 heterocycles. The van der Waals surface area contributed by atoms with Crippen molar-refractivity contribution in [3.05, 3.63) is 57.8 Å². The first-order chi connectivity index (χ1) is 11.2. The lowest BCUT2D eigenvalue weighted by Gasteiger charge is -2.38. The molecule has 0 aliphatic carbocycles. The predicted molar refractivity (Wildman–Crippen MR) is 102 cm³/mol. The van der Waals surface area contributed by atoms with Gasteiger partial charge in [0.1, 0.15) is 17.2 Å². The Kier molecular flexibility index (Phi) is 5.64. The summed E-state index contributed by atoms with van der Waals surface area (Å²) in [5.41, 5.74) is 7.31. The standard InChI is InChI=1S/C18H18BrFN2O2.ClH/c1-18(2)9-15(12-8-11(21)4-6-16(12)24-18)22-17(23)10-3-5-14(20)13(19)7-10;/h3-8,15H,9,21H2,1-2H3,(H,22,23);1H. The number of hydrogen-bond acceptors (Lipinski definition) is 3. The van der Waals surface area contributed by atoms with Gasteiger partial charge in [0.05, 0.1) is 10.5 Å². The average molecular weight is 430 g/mol. The van der Waals surface area contributed by atoms with Crippen LogP contribution >= 0.6 is 28.3 Å². The minimum Gasteiger partial charge on any atom is -0.487 e. The van der Waals surface area contributed by atoms with Gasteiger partial charge in [-0.25, -0.2) is 4.39 Å². The molecule has 134 valence electrons. The number of benzene rings is 2. The van der Waals surface area contributed by atoms with Crippen LogP contribution < -0.4 is 15.8 Å². The highest BCUT2D eigenvalue weighted by Crippen LogP contribution is 2.40. The number of carbonyl (C=O) groups is 1. The summed E-state index contributed by atoms with van der Waals surface area (Å²) in [6.07, 6.45) is 0.609. The van der Waals surface area contributed by atoms with E-state index in [9.17, 15) is 9.18 Å². The van der Waals surface area contributed by atoms with E-state index in [1.807, 2.05) is 26.0 Å². The fourth-order valence-electron chi connectivity index (χ4n) is 2.88. The number of anilines is 1. The summed E-state index contributed by atoms with van der Waals surface area (Å²) < 4.78 is 19.6. The van der Waals surface area contributed by atoms with Crippen molar-refractivity contribution in [1.29, 1.82) is 0 Å². The molecule has 0 fully saturated rings. The summed E-state index contributed by atoms with van der Waals surface area (Å²) >= 11 is 3.10. The molecule has 0 saturated carbocycles. The largest absolute Gasteiger partial charge is 0.487 e. The number of nitrogen functional groups attached to an aromatic ring is 1. The first-order valence-electron chi connectivity index (χ1n) is 7.59. The summed E-state index contributed by atoms with van der Waals surface area (Å²) in [6.45, 7) is 3.94. The Morgan fingerprint density at radius 1 is 1.32 bits per heavy atom. The molecule has 0 aromatic heterocycles. The van der Waals surface area contributed by atoms with Crippen LogP contribution in [0.25, 0.3) is 0 Å². The maximum Gasteiger partial charge on any atom is 0.251 e. The van der Waals surface area contributed by atoms with E-state index in [0.717, 1.165) is 5.56 Å².